The lowest BCUT2D eigenvalue weighted by Crippen LogP contribution is -2.46. The molecule has 2 N–H and O–H groups in total. The summed E-state index contributed by atoms with van der Waals surface area (Å²) in [5.41, 5.74) is 0. The number of piperazine rings is 1. The maximum absolute atomic E-state index is 13.4. The van der Waals surface area contributed by atoms with Gasteiger partial charge in [-0.15, -0.1) is 24.2 Å². The molecule has 0 bridgehead atoms. The second-order valence-electron chi connectivity index (χ2n) is 4.97. The lowest BCUT2D eigenvalue weighted by Gasteiger charge is -2.27. The summed E-state index contributed by atoms with van der Waals surface area (Å²) in [7, 11) is 0. The summed E-state index contributed by atoms with van der Waals surface area (Å²) >= 11 is 1.38. The molecule has 124 valence electrons. The molecule has 1 aromatic carbocycles. The SMILES string of the molecule is Cl.O=C(CCSc1ccccc1F)NCCN1CCNCC1. The van der Waals surface area contributed by atoms with E-state index in [0.29, 0.717) is 23.6 Å². The number of rotatable bonds is 7. The number of halogens is 2. The molecular weight excluding hydrogens is 325 g/mol. The van der Waals surface area contributed by atoms with Crippen LogP contribution in [0.5, 0.6) is 0 Å². The van der Waals surface area contributed by atoms with Crippen LogP contribution in [0.3, 0.4) is 0 Å². The molecule has 1 aliphatic rings. The highest BCUT2D eigenvalue weighted by Crippen LogP contribution is 2.21. The van der Waals surface area contributed by atoms with Crippen LogP contribution < -0.4 is 10.6 Å². The molecule has 4 nitrogen and oxygen atoms in total. The Morgan fingerprint density at radius 3 is 2.77 bits per heavy atom. The molecule has 2 rings (SSSR count). The molecule has 0 spiro atoms. The number of amides is 1. The lowest BCUT2D eigenvalue weighted by molar-refractivity contribution is -0.120. The first kappa shape index (κ1) is 19.2. The molecule has 0 aliphatic carbocycles. The highest BCUT2D eigenvalue weighted by molar-refractivity contribution is 7.99. The summed E-state index contributed by atoms with van der Waals surface area (Å²) in [6.07, 6.45) is 0.417. The van der Waals surface area contributed by atoms with E-state index < -0.39 is 0 Å². The van der Waals surface area contributed by atoms with Gasteiger partial charge in [0.15, 0.2) is 0 Å². The molecule has 0 unspecified atom stereocenters. The van der Waals surface area contributed by atoms with Crippen molar-refractivity contribution in [3.63, 3.8) is 0 Å². The van der Waals surface area contributed by atoms with E-state index in [1.165, 1.54) is 17.8 Å². The molecule has 1 fully saturated rings. The van der Waals surface area contributed by atoms with E-state index in [-0.39, 0.29) is 24.1 Å². The molecule has 0 saturated carbocycles. The highest BCUT2D eigenvalue weighted by atomic mass is 35.5. The third-order valence-electron chi connectivity index (χ3n) is 3.38. The zero-order valence-corrected chi connectivity index (χ0v) is 14.1. The predicted octanol–water partition coefficient (Wildman–Crippen LogP) is 1.75. The van der Waals surface area contributed by atoms with Crippen molar-refractivity contribution in [1.29, 1.82) is 0 Å². The van der Waals surface area contributed by atoms with Crippen molar-refractivity contribution >= 4 is 30.1 Å². The Morgan fingerprint density at radius 2 is 2.05 bits per heavy atom. The smallest absolute Gasteiger partial charge is 0.220 e. The Balaban J connectivity index is 0.00000242. The molecule has 1 amide bonds. The number of carbonyl (C=O) groups excluding carboxylic acids is 1. The first-order chi connectivity index (χ1) is 10.3. The molecule has 1 saturated heterocycles. The van der Waals surface area contributed by atoms with Crippen molar-refractivity contribution in [2.24, 2.45) is 0 Å². The van der Waals surface area contributed by atoms with Crippen molar-refractivity contribution in [2.75, 3.05) is 45.0 Å². The van der Waals surface area contributed by atoms with Gasteiger partial charge in [-0.3, -0.25) is 9.69 Å². The van der Waals surface area contributed by atoms with E-state index >= 15 is 0 Å². The predicted molar refractivity (Wildman–Crippen MR) is 91.3 cm³/mol. The fourth-order valence-electron chi connectivity index (χ4n) is 2.19. The normalized spacial score (nSPS) is 15.1. The Hall–Kier alpha value is -0.820. The lowest BCUT2D eigenvalue weighted by atomic mass is 10.3. The molecule has 1 heterocycles. The van der Waals surface area contributed by atoms with Crippen LogP contribution in [0.15, 0.2) is 29.2 Å². The average molecular weight is 348 g/mol. The number of hydrogen-bond donors (Lipinski definition) is 2. The number of carbonyl (C=O) groups is 1. The number of nitrogens with zero attached hydrogens (tertiary/aromatic N) is 1. The summed E-state index contributed by atoms with van der Waals surface area (Å²) in [6.45, 7) is 5.70. The van der Waals surface area contributed by atoms with Gasteiger partial charge in [-0.1, -0.05) is 12.1 Å². The number of nitrogens with one attached hydrogen (secondary N) is 2. The van der Waals surface area contributed by atoms with E-state index in [0.717, 1.165) is 32.7 Å². The molecule has 7 heteroatoms. The van der Waals surface area contributed by atoms with Gasteiger partial charge in [0, 0.05) is 56.3 Å². The Labute approximate surface area is 141 Å². The van der Waals surface area contributed by atoms with Crippen molar-refractivity contribution in [3.05, 3.63) is 30.1 Å². The monoisotopic (exact) mass is 347 g/mol. The van der Waals surface area contributed by atoms with Crippen molar-refractivity contribution in [2.45, 2.75) is 11.3 Å². The first-order valence-corrected chi connectivity index (χ1v) is 8.31. The van der Waals surface area contributed by atoms with Crippen LogP contribution in [0.1, 0.15) is 6.42 Å². The zero-order valence-electron chi connectivity index (χ0n) is 12.5. The van der Waals surface area contributed by atoms with Gasteiger partial charge in [0.25, 0.3) is 0 Å². The van der Waals surface area contributed by atoms with Gasteiger partial charge in [0.2, 0.25) is 5.91 Å². The maximum atomic E-state index is 13.4. The van der Waals surface area contributed by atoms with Gasteiger partial charge in [-0.2, -0.15) is 0 Å². The second kappa shape index (κ2) is 10.8. The standard InChI is InChI=1S/C15H22FN3OS.ClH/c16-13-3-1-2-4-14(13)21-12-5-15(20)18-8-11-19-9-6-17-7-10-19;/h1-4,17H,5-12H2,(H,18,20);1H. The van der Waals surface area contributed by atoms with Crippen LogP contribution >= 0.6 is 24.2 Å². The summed E-state index contributed by atoms with van der Waals surface area (Å²) in [5, 5.41) is 6.22. The quantitative estimate of drug-likeness (QED) is 0.738. The van der Waals surface area contributed by atoms with Crippen LogP contribution in [0.2, 0.25) is 0 Å². The summed E-state index contributed by atoms with van der Waals surface area (Å²) in [4.78, 5) is 14.7. The number of benzene rings is 1. The number of hydrogen-bond acceptors (Lipinski definition) is 4. The Kier molecular flexibility index (Phi) is 9.47. The summed E-state index contributed by atoms with van der Waals surface area (Å²) in [6, 6.07) is 6.65. The van der Waals surface area contributed by atoms with Gasteiger partial charge < -0.3 is 10.6 Å². The fraction of sp³-hybridized carbons (Fsp3) is 0.533. The minimum atomic E-state index is -0.221. The summed E-state index contributed by atoms with van der Waals surface area (Å²) < 4.78 is 13.4. The maximum Gasteiger partial charge on any atom is 0.220 e. The van der Waals surface area contributed by atoms with Gasteiger partial charge >= 0.3 is 0 Å². The van der Waals surface area contributed by atoms with Crippen LogP contribution in [0.25, 0.3) is 0 Å². The van der Waals surface area contributed by atoms with E-state index in [1.54, 1.807) is 18.2 Å². The van der Waals surface area contributed by atoms with Crippen LogP contribution in [-0.2, 0) is 4.79 Å². The van der Waals surface area contributed by atoms with Crippen molar-refractivity contribution in [3.8, 4) is 0 Å². The number of thioether (sulfide) groups is 1. The molecular formula is C15H23ClFN3OS. The van der Waals surface area contributed by atoms with E-state index in [1.807, 2.05) is 0 Å². The van der Waals surface area contributed by atoms with E-state index in [4.69, 9.17) is 0 Å². The van der Waals surface area contributed by atoms with Gasteiger partial charge in [-0.25, -0.2) is 4.39 Å². The fourth-order valence-corrected chi connectivity index (χ4v) is 3.08. The Morgan fingerprint density at radius 1 is 1.32 bits per heavy atom. The Bertz CT molecular complexity index is 458. The van der Waals surface area contributed by atoms with Crippen LogP contribution in [0.4, 0.5) is 4.39 Å². The van der Waals surface area contributed by atoms with Gasteiger partial charge in [0.1, 0.15) is 5.82 Å². The summed E-state index contributed by atoms with van der Waals surface area (Å²) in [5.74, 6) is 0.413. The largest absolute Gasteiger partial charge is 0.355 e. The minimum absolute atomic E-state index is 0. The van der Waals surface area contributed by atoms with Gasteiger partial charge in [-0.05, 0) is 12.1 Å². The average Bonchev–Trinajstić information content (AvgIpc) is 2.50. The molecule has 0 atom stereocenters. The third kappa shape index (κ3) is 6.96. The second-order valence-corrected chi connectivity index (χ2v) is 6.11. The van der Waals surface area contributed by atoms with Gasteiger partial charge in [0.05, 0.1) is 0 Å². The molecule has 1 aliphatic heterocycles. The van der Waals surface area contributed by atoms with Crippen molar-refractivity contribution in [1.82, 2.24) is 15.5 Å². The highest BCUT2D eigenvalue weighted by Gasteiger charge is 2.09. The molecule has 0 radical (unpaired) electrons. The topological polar surface area (TPSA) is 44.4 Å². The van der Waals surface area contributed by atoms with Crippen LogP contribution in [-0.4, -0.2) is 55.8 Å². The molecule has 0 aromatic heterocycles. The third-order valence-corrected chi connectivity index (χ3v) is 4.43. The minimum Gasteiger partial charge on any atom is -0.355 e. The van der Waals surface area contributed by atoms with E-state index in [9.17, 15) is 9.18 Å². The zero-order chi connectivity index (χ0) is 14.9. The first-order valence-electron chi connectivity index (χ1n) is 7.33. The molecule has 22 heavy (non-hydrogen) atoms. The van der Waals surface area contributed by atoms with Crippen molar-refractivity contribution < 1.29 is 9.18 Å². The van der Waals surface area contributed by atoms with E-state index in [2.05, 4.69) is 15.5 Å². The molecule has 1 aromatic rings. The van der Waals surface area contributed by atoms with Crippen LogP contribution in [0, 0.1) is 5.82 Å².